The Morgan fingerprint density at radius 2 is 2.19 bits per heavy atom. The highest BCUT2D eigenvalue weighted by Gasteiger charge is 2.66. The zero-order chi connectivity index (χ0) is 17.6. The van der Waals surface area contributed by atoms with Crippen molar-refractivity contribution in [2.45, 2.75) is 44.2 Å². The van der Waals surface area contributed by atoms with E-state index in [4.69, 9.17) is 4.74 Å². The number of H-pyrrole nitrogens is 1. The van der Waals surface area contributed by atoms with Gasteiger partial charge in [0.25, 0.3) is 0 Å². The van der Waals surface area contributed by atoms with Gasteiger partial charge in [-0.3, -0.25) is 4.99 Å². The highest BCUT2D eigenvalue weighted by atomic mass is 127. The average Bonchev–Trinajstić information content (AvgIpc) is 3.22. The molecule has 0 amide bonds. The maximum atomic E-state index is 6.02. The van der Waals surface area contributed by atoms with Gasteiger partial charge in [0.15, 0.2) is 5.96 Å². The first-order valence-electron chi connectivity index (χ1n) is 9.96. The molecule has 1 aliphatic heterocycles. The van der Waals surface area contributed by atoms with Gasteiger partial charge in [-0.15, -0.1) is 24.0 Å². The number of nitrogens with zero attached hydrogens (tertiary/aromatic N) is 1. The molecule has 3 aliphatic rings. The van der Waals surface area contributed by atoms with Crippen LogP contribution in [0.5, 0.6) is 0 Å². The second-order valence-corrected chi connectivity index (χ2v) is 8.06. The van der Waals surface area contributed by atoms with Gasteiger partial charge in [-0.2, -0.15) is 0 Å². The largest absolute Gasteiger partial charge is 0.377 e. The topological polar surface area (TPSA) is 61.4 Å². The van der Waals surface area contributed by atoms with Gasteiger partial charge in [0, 0.05) is 54.7 Å². The predicted molar refractivity (Wildman–Crippen MR) is 120 cm³/mol. The molecule has 2 aliphatic carbocycles. The number of aromatic nitrogens is 1. The molecule has 2 heterocycles. The summed E-state index contributed by atoms with van der Waals surface area (Å²) < 4.78 is 6.02. The summed E-state index contributed by atoms with van der Waals surface area (Å²) in [5, 5.41) is 8.57. The Labute approximate surface area is 177 Å². The van der Waals surface area contributed by atoms with Crippen LogP contribution in [0, 0.1) is 11.3 Å². The average molecular weight is 480 g/mol. The summed E-state index contributed by atoms with van der Waals surface area (Å²) >= 11 is 0. The lowest BCUT2D eigenvalue weighted by molar-refractivity contribution is -0.171. The minimum atomic E-state index is 0. The van der Waals surface area contributed by atoms with Crippen LogP contribution in [0.25, 0.3) is 10.9 Å². The molecule has 27 heavy (non-hydrogen) atoms. The van der Waals surface area contributed by atoms with Crippen LogP contribution in [0.4, 0.5) is 0 Å². The molecule has 5 nitrogen and oxygen atoms in total. The van der Waals surface area contributed by atoms with Gasteiger partial charge in [-0.05, 0) is 37.3 Å². The molecule has 2 saturated carbocycles. The van der Waals surface area contributed by atoms with Crippen LogP contribution in [-0.4, -0.2) is 43.3 Å². The molecule has 1 saturated heterocycles. The molecule has 1 aromatic heterocycles. The fraction of sp³-hybridized carbons (Fsp3) is 0.571. The second kappa shape index (κ2) is 7.62. The number of hydrogen-bond acceptors (Lipinski definition) is 2. The van der Waals surface area contributed by atoms with E-state index in [2.05, 4.69) is 51.1 Å². The highest BCUT2D eigenvalue weighted by molar-refractivity contribution is 14.0. The number of halogens is 1. The Bertz CT molecular complexity index is 828. The van der Waals surface area contributed by atoms with Crippen molar-refractivity contribution < 1.29 is 4.74 Å². The molecular weight excluding hydrogens is 451 g/mol. The van der Waals surface area contributed by atoms with Crippen LogP contribution >= 0.6 is 24.0 Å². The first-order chi connectivity index (χ1) is 12.8. The standard InChI is InChI=1S/C21H28N4O.HI/c1-22-20(23-11-7-14-13-24-17-6-3-2-5-15(14)17)25-18-16-8-12-26-19(16)21(18)9-4-10-21;/h2-3,5-6,13,16,18-19,24H,4,7-12H2,1H3,(H2,22,23,25);1H. The number of rotatable bonds is 4. The van der Waals surface area contributed by atoms with Gasteiger partial charge in [0.05, 0.1) is 6.10 Å². The van der Waals surface area contributed by atoms with Gasteiger partial charge in [-0.25, -0.2) is 0 Å². The van der Waals surface area contributed by atoms with Crippen molar-refractivity contribution in [1.82, 2.24) is 15.6 Å². The molecule has 3 unspecified atom stereocenters. The maximum Gasteiger partial charge on any atom is 0.191 e. The van der Waals surface area contributed by atoms with Gasteiger partial charge in [0.2, 0.25) is 0 Å². The Kier molecular flexibility index (Phi) is 5.38. The van der Waals surface area contributed by atoms with Crippen molar-refractivity contribution in [1.29, 1.82) is 0 Å². The number of para-hydroxylation sites is 1. The number of aliphatic imine (C=N–C) groups is 1. The summed E-state index contributed by atoms with van der Waals surface area (Å²) in [7, 11) is 1.87. The van der Waals surface area contributed by atoms with E-state index in [1.165, 1.54) is 42.1 Å². The molecule has 2 aromatic rings. The van der Waals surface area contributed by atoms with E-state index in [-0.39, 0.29) is 24.0 Å². The Balaban J connectivity index is 0.00000180. The molecule has 0 radical (unpaired) electrons. The second-order valence-electron chi connectivity index (χ2n) is 8.06. The van der Waals surface area contributed by atoms with E-state index in [1.54, 1.807) is 0 Å². The lowest BCUT2D eigenvalue weighted by Gasteiger charge is -2.63. The van der Waals surface area contributed by atoms with Gasteiger partial charge in [0.1, 0.15) is 0 Å². The normalized spacial score (nSPS) is 28.2. The first kappa shape index (κ1) is 19.1. The van der Waals surface area contributed by atoms with Crippen molar-refractivity contribution in [3.8, 4) is 0 Å². The quantitative estimate of drug-likeness (QED) is 0.357. The monoisotopic (exact) mass is 480 g/mol. The molecule has 3 N–H and O–H groups in total. The molecular formula is C21H29IN4O. The van der Waals surface area contributed by atoms with E-state index in [9.17, 15) is 0 Å². The lowest BCUT2D eigenvalue weighted by atomic mass is 9.46. The number of aromatic amines is 1. The summed E-state index contributed by atoms with van der Waals surface area (Å²) in [5.74, 6) is 1.61. The Hall–Kier alpha value is -1.28. The summed E-state index contributed by atoms with van der Waals surface area (Å²) in [6, 6.07) is 9.01. The van der Waals surface area contributed by atoms with Crippen LogP contribution in [0.1, 0.15) is 31.2 Å². The van der Waals surface area contributed by atoms with Crippen molar-refractivity contribution in [2.24, 2.45) is 16.3 Å². The van der Waals surface area contributed by atoms with Crippen LogP contribution in [0.15, 0.2) is 35.5 Å². The third kappa shape index (κ3) is 3.05. The summed E-state index contributed by atoms with van der Waals surface area (Å²) in [6.07, 6.45) is 8.75. The zero-order valence-electron chi connectivity index (χ0n) is 15.8. The number of hydrogen-bond donors (Lipinski definition) is 3. The number of fused-ring (bicyclic) bond motifs is 3. The fourth-order valence-corrected chi connectivity index (χ4v) is 5.45. The van der Waals surface area contributed by atoms with Crippen LogP contribution in [0.3, 0.4) is 0 Å². The van der Waals surface area contributed by atoms with Gasteiger partial charge in [-0.1, -0.05) is 24.6 Å². The Morgan fingerprint density at radius 3 is 2.96 bits per heavy atom. The van der Waals surface area contributed by atoms with E-state index in [0.29, 0.717) is 23.5 Å². The van der Waals surface area contributed by atoms with Gasteiger partial charge < -0.3 is 20.4 Å². The van der Waals surface area contributed by atoms with E-state index in [1.807, 2.05) is 7.05 Å². The number of benzene rings is 1. The van der Waals surface area contributed by atoms with E-state index >= 15 is 0 Å². The Morgan fingerprint density at radius 1 is 1.33 bits per heavy atom. The summed E-state index contributed by atoms with van der Waals surface area (Å²) in [5.41, 5.74) is 2.95. The first-order valence-corrected chi connectivity index (χ1v) is 9.96. The minimum absolute atomic E-state index is 0. The van der Waals surface area contributed by atoms with Crippen molar-refractivity contribution in [3.63, 3.8) is 0 Å². The maximum absolute atomic E-state index is 6.02. The SMILES string of the molecule is CN=C(NCCc1c[nH]c2ccccc12)NC1C2CCOC2C12CCC2.I. The van der Waals surface area contributed by atoms with Crippen LogP contribution in [-0.2, 0) is 11.2 Å². The molecule has 0 bridgehead atoms. The molecule has 5 rings (SSSR count). The number of guanidine groups is 1. The van der Waals surface area contributed by atoms with Gasteiger partial charge >= 0.3 is 0 Å². The molecule has 1 aromatic carbocycles. The molecule has 3 fully saturated rings. The van der Waals surface area contributed by atoms with Crippen LogP contribution < -0.4 is 10.6 Å². The van der Waals surface area contributed by atoms with Crippen molar-refractivity contribution in [2.75, 3.05) is 20.2 Å². The van der Waals surface area contributed by atoms with Crippen molar-refractivity contribution in [3.05, 3.63) is 36.0 Å². The fourth-order valence-electron chi connectivity index (χ4n) is 5.45. The number of nitrogens with one attached hydrogen (secondary N) is 3. The third-order valence-corrected chi connectivity index (χ3v) is 6.91. The smallest absolute Gasteiger partial charge is 0.191 e. The van der Waals surface area contributed by atoms with E-state index < -0.39 is 0 Å². The highest BCUT2D eigenvalue weighted by Crippen LogP contribution is 2.62. The molecule has 146 valence electrons. The third-order valence-electron chi connectivity index (χ3n) is 6.91. The predicted octanol–water partition coefficient (Wildman–Crippen LogP) is 3.45. The summed E-state index contributed by atoms with van der Waals surface area (Å²) in [4.78, 5) is 7.83. The van der Waals surface area contributed by atoms with E-state index in [0.717, 1.165) is 25.5 Å². The van der Waals surface area contributed by atoms with Crippen molar-refractivity contribution >= 4 is 40.8 Å². The zero-order valence-corrected chi connectivity index (χ0v) is 18.2. The minimum Gasteiger partial charge on any atom is -0.377 e. The van der Waals surface area contributed by atoms with Crippen LogP contribution in [0.2, 0.25) is 0 Å². The molecule has 3 atom stereocenters. The lowest BCUT2D eigenvalue weighted by Crippen LogP contribution is -2.72. The molecule has 6 heteroatoms. The molecule has 1 spiro atoms. The number of ether oxygens (including phenoxy) is 1. The summed E-state index contributed by atoms with van der Waals surface area (Å²) in [6.45, 7) is 1.81.